The SMILES string of the molecule is CCCCCNC(=O)c1ccc(Sc2nncn2C)c([N+](=O)[O-])c1. The number of benzene rings is 1. The van der Waals surface area contributed by atoms with E-state index < -0.39 is 4.92 Å². The van der Waals surface area contributed by atoms with Crippen molar-refractivity contribution in [2.75, 3.05) is 6.54 Å². The van der Waals surface area contributed by atoms with Gasteiger partial charge in [-0.3, -0.25) is 14.9 Å². The number of carbonyl (C=O) groups is 1. The van der Waals surface area contributed by atoms with Gasteiger partial charge in [0, 0.05) is 25.2 Å². The van der Waals surface area contributed by atoms with E-state index in [0.717, 1.165) is 31.0 Å². The Labute approximate surface area is 143 Å². The molecule has 2 aromatic rings. The molecule has 24 heavy (non-hydrogen) atoms. The van der Waals surface area contributed by atoms with Gasteiger partial charge in [-0.25, -0.2) is 0 Å². The fraction of sp³-hybridized carbons (Fsp3) is 0.400. The number of amides is 1. The first kappa shape index (κ1) is 17.9. The number of nitrogens with zero attached hydrogens (tertiary/aromatic N) is 4. The van der Waals surface area contributed by atoms with Crippen molar-refractivity contribution in [3.05, 3.63) is 40.2 Å². The van der Waals surface area contributed by atoms with Crippen LogP contribution in [0.4, 0.5) is 5.69 Å². The summed E-state index contributed by atoms with van der Waals surface area (Å²) in [4.78, 5) is 23.3. The van der Waals surface area contributed by atoms with Gasteiger partial charge < -0.3 is 9.88 Å². The van der Waals surface area contributed by atoms with Crippen LogP contribution in [0.3, 0.4) is 0 Å². The van der Waals surface area contributed by atoms with Crippen LogP contribution < -0.4 is 5.32 Å². The molecule has 2 rings (SSSR count). The molecule has 0 atom stereocenters. The van der Waals surface area contributed by atoms with Gasteiger partial charge in [0.2, 0.25) is 0 Å². The largest absolute Gasteiger partial charge is 0.352 e. The van der Waals surface area contributed by atoms with Gasteiger partial charge in [0.15, 0.2) is 5.16 Å². The molecule has 128 valence electrons. The maximum atomic E-state index is 12.1. The topological polar surface area (TPSA) is 103 Å². The number of rotatable bonds is 8. The van der Waals surface area contributed by atoms with Crippen molar-refractivity contribution in [2.45, 2.75) is 36.2 Å². The zero-order chi connectivity index (χ0) is 17.5. The van der Waals surface area contributed by atoms with Crippen molar-refractivity contribution in [3.8, 4) is 0 Å². The van der Waals surface area contributed by atoms with E-state index in [9.17, 15) is 14.9 Å². The first-order valence-corrected chi connectivity index (χ1v) is 8.43. The van der Waals surface area contributed by atoms with E-state index in [2.05, 4.69) is 22.4 Å². The molecule has 0 bridgehead atoms. The van der Waals surface area contributed by atoms with Crippen LogP contribution >= 0.6 is 11.8 Å². The lowest BCUT2D eigenvalue weighted by atomic mass is 10.2. The van der Waals surface area contributed by atoms with Gasteiger partial charge in [0.25, 0.3) is 11.6 Å². The molecule has 1 aromatic heterocycles. The predicted octanol–water partition coefficient (Wildman–Crippen LogP) is 2.79. The molecule has 1 N–H and O–H groups in total. The molecule has 0 spiro atoms. The van der Waals surface area contributed by atoms with Crippen molar-refractivity contribution in [3.63, 3.8) is 0 Å². The minimum absolute atomic E-state index is 0.121. The molecular formula is C15H19N5O3S. The Kier molecular flexibility index (Phi) is 6.30. The average Bonchev–Trinajstić information content (AvgIpc) is 2.96. The quantitative estimate of drug-likeness (QED) is 0.446. The number of aromatic nitrogens is 3. The maximum Gasteiger partial charge on any atom is 0.284 e. The summed E-state index contributed by atoms with van der Waals surface area (Å²) in [6.07, 6.45) is 4.51. The first-order valence-electron chi connectivity index (χ1n) is 7.61. The second kappa shape index (κ2) is 8.44. The van der Waals surface area contributed by atoms with Crippen molar-refractivity contribution in [1.82, 2.24) is 20.1 Å². The van der Waals surface area contributed by atoms with E-state index in [1.165, 1.54) is 12.4 Å². The van der Waals surface area contributed by atoms with Gasteiger partial charge >= 0.3 is 0 Å². The van der Waals surface area contributed by atoms with Crippen molar-refractivity contribution in [1.29, 1.82) is 0 Å². The van der Waals surface area contributed by atoms with Crippen LogP contribution in [-0.2, 0) is 7.05 Å². The van der Waals surface area contributed by atoms with Crippen LogP contribution in [0.5, 0.6) is 0 Å². The molecule has 0 unspecified atom stereocenters. The molecule has 0 aliphatic heterocycles. The highest BCUT2D eigenvalue weighted by Gasteiger charge is 2.19. The molecule has 1 aromatic carbocycles. The lowest BCUT2D eigenvalue weighted by Gasteiger charge is -2.07. The Morgan fingerprint density at radius 1 is 1.42 bits per heavy atom. The van der Waals surface area contributed by atoms with Gasteiger partial charge in [0.1, 0.15) is 6.33 Å². The van der Waals surface area contributed by atoms with E-state index in [4.69, 9.17) is 0 Å². The average molecular weight is 349 g/mol. The number of aryl methyl sites for hydroxylation is 1. The highest BCUT2D eigenvalue weighted by Crippen LogP contribution is 2.34. The van der Waals surface area contributed by atoms with E-state index in [1.807, 2.05) is 0 Å². The van der Waals surface area contributed by atoms with E-state index >= 15 is 0 Å². The smallest absolute Gasteiger partial charge is 0.284 e. The molecular weight excluding hydrogens is 330 g/mol. The number of hydrogen-bond acceptors (Lipinski definition) is 6. The van der Waals surface area contributed by atoms with E-state index in [1.54, 1.807) is 23.7 Å². The van der Waals surface area contributed by atoms with Crippen LogP contribution in [0.2, 0.25) is 0 Å². The van der Waals surface area contributed by atoms with Crippen LogP contribution in [-0.4, -0.2) is 32.1 Å². The van der Waals surface area contributed by atoms with Gasteiger partial charge in [-0.15, -0.1) is 10.2 Å². The van der Waals surface area contributed by atoms with Crippen LogP contribution in [0.25, 0.3) is 0 Å². The summed E-state index contributed by atoms with van der Waals surface area (Å²) in [6.45, 7) is 2.65. The summed E-state index contributed by atoms with van der Waals surface area (Å²) in [6, 6.07) is 4.45. The van der Waals surface area contributed by atoms with Gasteiger partial charge in [-0.1, -0.05) is 19.8 Å². The van der Waals surface area contributed by atoms with Crippen LogP contribution in [0.15, 0.2) is 34.6 Å². The summed E-state index contributed by atoms with van der Waals surface area (Å²) in [7, 11) is 1.76. The van der Waals surface area contributed by atoms with Gasteiger partial charge in [0.05, 0.1) is 9.82 Å². The summed E-state index contributed by atoms with van der Waals surface area (Å²) in [5.74, 6) is -0.301. The fourth-order valence-corrected chi connectivity index (χ4v) is 2.88. The Bertz CT molecular complexity index is 732. The number of hydrogen-bond donors (Lipinski definition) is 1. The highest BCUT2D eigenvalue weighted by atomic mass is 32.2. The fourth-order valence-electron chi connectivity index (χ4n) is 2.03. The molecule has 0 radical (unpaired) electrons. The number of carbonyl (C=O) groups excluding carboxylic acids is 1. The molecule has 8 nitrogen and oxygen atoms in total. The molecule has 0 fully saturated rings. The maximum absolute atomic E-state index is 12.1. The zero-order valence-electron chi connectivity index (χ0n) is 13.6. The summed E-state index contributed by atoms with van der Waals surface area (Å²) >= 11 is 1.14. The van der Waals surface area contributed by atoms with Crippen LogP contribution in [0, 0.1) is 10.1 Å². The molecule has 1 heterocycles. The molecule has 0 aliphatic rings. The summed E-state index contributed by atoms with van der Waals surface area (Å²) in [5, 5.41) is 22.3. The minimum Gasteiger partial charge on any atom is -0.352 e. The van der Waals surface area contributed by atoms with Crippen molar-refractivity contribution < 1.29 is 9.72 Å². The second-order valence-corrected chi connectivity index (χ2v) is 6.24. The van der Waals surface area contributed by atoms with E-state index in [-0.39, 0.29) is 17.2 Å². The Morgan fingerprint density at radius 3 is 2.83 bits per heavy atom. The van der Waals surface area contributed by atoms with Crippen molar-refractivity contribution in [2.24, 2.45) is 7.05 Å². The molecule has 0 saturated carbocycles. The normalized spacial score (nSPS) is 10.6. The minimum atomic E-state index is -0.493. The Morgan fingerprint density at radius 2 is 2.21 bits per heavy atom. The zero-order valence-corrected chi connectivity index (χ0v) is 14.4. The predicted molar refractivity (Wildman–Crippen MR) is 90.1 cm³/mol. The first-order chi connectivity index (χ1) is 11.5. The lowest BCUT2D eigenvalue weighted by Crippen LogP contribution is -2.24. The molecule has 9 heteroatoms. The third-order valence-electron chi connectivity index (χ3n) is 3.35. The molecule has 0 aliphatic carbocycles. The highest BCUT2D eigenvalue weighted by molar-refractivity contribution is 7.99. The number of nitrogens with one attached hydrogen (secondary N) is 1. The third kappa shape index (κ3) is 4.54. The number of nitro benzene ring substituents is 1. The standard InChI is InChI=1S/C15H19N5O3S/c1-3-4-5-8-16-14(21)11-6-7-13(12(9-11)20(22)23)24-15-18-17-10-19(15)2/h6-7,9-10H,3-5,8H2,1-2H3,(H,16,21). The lowest BCUT2D eigenvalue weighted by molar-refractivity contribution is -0.387. The summed E-state index contributed by atoms with van der Waals surface area (Å²) < 4.78 is 1.67. The summed E-state index contributed by atoms with van der Waals surface area (Å²) in [5.41, 5.74) is 0.157. The third-order valence-corrected chi connectivity index (χ3v) is 4.47. The number of unbranched alkanes of at least 4 members (excludes halogenated alkanes) is 2. The van der Waals surface area contributed by atoms with Gasteiger partial charge in [-0.05, 0) is 30.3 Å². The second-order valence-electron chi connectivity index (χ2n) is 5.23. The Balaban J connectivity index is 2.15. The van der Waals surface area contributed by atoms with Crippen molar-refractivity contribution >= 4 is 23.4 Å². The number of nitro groups is 1. The van der Waals surface area contributed by atoms with E-state index in [0.29, 0.717) is 16.6 Å². The molecule has 1 amide bonds. The Hall–Kier alpha value is -2.42. The van der Waals surface area contributed by atoms with Gasteiger partial charge in [-0.2, -0.15) is 0 Å². The molecule has 0 saturated heterocycles. The van der Waals surface area contributed by atoms with Crippen LogP contribution in [0.1, 0.15) is 36.5 Å². The monoisotopic (exact) mass is 349 g/mol.